The van der Waals surface area contributed by atoms with Crippen molar-refractivity contribution in [2.75, 3.05) is 0 Å². The maximum absolute atomic E-state index is 12.8. The van der Waals surface area contributed by atoms with Crippen molar-refractivity contribution in [3.05, 3.63) is 0 Å². The number of rotatable bonds is 2. The van der Waals surface area contributed by atoms with Crippen LogP contribution in [0.3, 0.4) is 0 Å². The summed E-state index contributed by atoms with van der Waals surface area (Å²) in [4.78, 5) is 12.8. The van der Waals surface area contributed by atoms with Crippen molar-refractivity contribution in [1.82, 2.24) is 0 Å². The van der Waals surface area contributed by atoms with Gasteiger partial charge in [-0.25, -0.2) is 0 Å². The van der Waals surface area contributed by atoms with Crippen LogP contribution in [0.2, 0.25) is 0 Å². The summed E-state index contributed by atoms with van der Waals surface area (Å²) in [6, 6.07) is 0. The number of Topliss-reactive ketones (excluding diaryl/α,β-unsaturated/α-hetero) is 1. The molecule has 0 aromatic heterocycles. The first-order valence-electron chi connectivity index (χ1n) is 11.1. The lowest BCUT2D eigenvalue weighted by Crippen LogP contribution is -2.56. The summed E-state index contributed by atoms with van der Waals surface area (Å²) in [5.41, 5.74) is -0.399. The van der Waals surface area contributed by atoms with Gasteiger partial charge in [-0.05, 0) is 93.3 Å². The molecular formula is C23H38O2. The molecule has 0 radical (unpaired) electrons. The standard InChI is InChI=1S/C23H38O2/c1-4-11-23(25)13-10-17-16(14-23)6-7-19-18(17)9-12-22(3)20(24)8-5-15(2)21(19)22/h15-19,21,25H,4-14H2,1-3H3/t15-,16-,17+,18-,19-,21+,22-,23-/m1/s1. The van der Waals surface area contributed by atoms with Gasteiger partial charge in [0.15, 0.2) is 0 Å². The zero-order valence-corrected chi connectivity index (χ0v) is 16.6. The van der Waals surface area contributed by atoms with E-state index in [-0.39, 0.29) is 11.0 Å². The Morgan fingerprint density at radius 1 is 1.04 bits per heavy atom. The summed E-state index contributed by atoms with van der Waals surface area (Å²) in [6.07, 6.45) is 12.3. The third kappa shape index (κ3) is 2.82. The van der Waals surface area contributed by atoms with Crippen LogP contribution in [0, 0.1) is 40.9 Å². The normalized spacial score (nSPS) is 52.9. The summed E-state index contributed by atoms with van der Waals surface area (Å²) < 4.78 is 0. The van der Waals surface area contributed by atoms with Gasteiger partial charge in [-0.3, -0.25) is 4.79 Å². The van der Waals surface area contributed by atoms with Crippen LogP contribution >= 0.6 is 0 Å². The molecule has 4 saturated carbocycles. The van der Waals surface area contributed by atoms with Crippen LogP contribution in [0.15, 0.2) is 0 Å². The first kappa shape index (κ1) is 18.0. The summed E-state index contributed by atoms with van der Waals surface area (Å²) >= 11 is 0. The van der Waals surface area contributed by atoms with Gasteiger partial charge >= 0.3 is 0 Å². The first-order valence-corrected chi connectivity index (χ1v) is 11.1. The Morgan fingerprint density at radius 3 is 2.56 bits per heavy atom. The van der Waals surface area contributed by atoms with Crippen molar-refractivity contribution in [3.8, 4) is 0 Å². The molecule has 4 aliphatic carbocycles. The second-order valence-electron chi connectivity index (χ2n) is 10.5. The van der Waals surface area contributed by atoms with E-state index in [4.69, 9.17) is 0 Å². The molecule has 0 aromatic rings. The number of fused-ring (bicyclic) bond motifs is 5. The second-order valence-corrected chi connectivity index (χ2v) is 10.5. The predicted molar refractivity (Wildman–Crippen MR) is 101 cm³/mol. The highest BCUT2D eigenvalue weighted by Crippen LogP contribution is 2.62. The minimum absolute atomic E-state index is 0.0245. The van der Waals surface area contributed by atoms with Crippen LogP contribution in [-0.4, -0.2) is 16.5 Å². The molecule has 2 nitrogen and oxygen atoms in total. The van der Waals surface area contributed by atoms with E-state index in [2.05, 4.69) is 20.8 Å². The molecule has 8 atom stereocenters. The third-order valence-corrected chi connectivity index (χ3v) is 9.15. The number of carbonyl (C=O) groups is 1. The smallest absolute Gasteiger partial charge is 0.139 e. The van der Waals surface area contributed by atoms with E-state index in [0.717, 1.165) is 68.6 Å². The van der Waals surface area contributed by atoms with Gasteiger partial charge in [0.1, 0.15) is 5.78 Å². The van der Waals surface area contributed by atoms with Gasteiger partial charge < -0.3 is 5.11 Å². The molecule has 4 aliphatic rings. The molecule has 142 valence electrons. The number of aliphatic hydroxyl groups is 1. The minimum Gasteiger partial charge on any atom is -0.390 e. The van der Waals surface area contributed by atoms with E-state index in [0.29, 0.717) is 17.6 Å². The van der Waals surface area contributed by atoms with Crippen LogP contribution < -0.4 is 0 Å². The topological polar surface area (TPSA) is 37.3 Å². The van der Waals surface area contributed by atoms with Gasteiger partial charge in [0.2, 0.25) is 0 Å². The van der Waals surface area contributed by atoms with Gasteiger partial charge in [-0.2, -0.15) is 0 Å². The molecule has 0 heterocycles. The van der Waals surface area contributed by atoms with E-state index < -0.39 is 0 Å². The Hall–Kier alpha value is -0.370. The van der Waals surface area contributed by atoms with Crippen LogP contribution in [0.1, 0.15) is 91.4 Å². The van der Waals surface area contributed by atoms with Crippen molar-refractivity contribution in [2.24, 2.45) is 40.9 Å². The summed E-state index contributed by atoms with van der Waals surface area (Å²) in [5, 5.41) is 11.0. The summed E-state index contributed by atoms with van der Waals surface area (Å²) in [6.45, 7) is 6.92. The Kier molecular flexibility index (Phi) is 4.58. The zero-order valence-electron chi connectivity index (χ0n) is 16.6. The minimum atomic E-state index is -0.375. The predicted octanol–water partition coefficient (Wildman–Crippen LogP) is 5.38. The monoisotopic (exact) mass is 346 g/mol. The molecule has 4 rings (SSSR count). The largest absolute Gasteiger partial charge is 0.390 e. The Bertz CT molecular complexity index is 528. The molecule has 0 amide bonds. The Balaban J connectivity index is 1.55. The summed E-state index contributed by atoms with van der Waals surface area (Å²) in [5.74, 6) is 5.08. The van der Waals surface area contributed by atoms with Gasteiger partial charge in [-0.1, -0.05) is 27.2 Å². The van der Waals surface area contributed by atoms with Gasteiger partial charge in [-0.15, -0.1) is 0 Å². The van der Waals surface area contributed by atoms with Gasteiger partial charge in [0.25, 0.3) is 0 Å². The second kappa shape index (κ2) is 6.36. The Morgan fingerprint density at radius 2 is 1.80 bits per heavy atom. The quantitative estimate of drug-likeness (QED) is 0.729. The SMILES string of the molecule is CCC[C@@]1(O)CC[C@H]2[C@H](CC[C@@H]3[C@@H]2CC[C@]2(C)C(=O)CC[C@@H](C)[C@@H]32)C1. The van der Waals surface area contributed by atoms with Gasteiger partial charge in [0, 0.05) is 11.8 Å². The van der Waals surface area contributed by atoms with Crippen molar-refractivity contribution >= 4 is 5.78 Å². The molecule has 0 spiro atoms. The maximum atomic E-state index is 12.8. The lowest BCUT2D eigenvalue weighted by molar-refractivity contribution is -0.156. The highest BCUT2D eigenvalue weighted by atomic mass is 16.3. The number of hydrogen-bond acceptors (Lipinski definition) is 2. The average molecular weight is 347 g/mol. The average Bonchev–Trinajstić information content (AvgIpc) is 2.57. The molecule has 4 fully saturated rings. The lowest BCUT2D eigenvalue weighted by Gasteiger charge is -2.60. The molecule has 2 heteroatoms. The molecule has 1 N–H and O–H groups in total. The van der Waals surface area contributed by atoms with Crippen LogP contribution in [0.5, 0.6) is 0 Å². The van der Waals surface area contributed by atoms with Gasteiger partial charge in [0.05, 0.1) is 5.60 Å². The fourth-order valence-electron chi connectivity index (χ4n) is 8.10. The lowest BCUT2D eigenvalue weighted by atomic mass is 9.45. The molecule has 0 unspecified atom stereocenters. The highest BCUT2D eigenvalue weighted by molar-refractivity contribution is 5.85. The molecule has 0 saturated heterocycles. The zero-order chi connectivity index (χ0) is 17.8. The number of ketones is 1. The molecule has 25 heavy (non-hydrogen) atoms. The molecule has 0 aromatic carbocycles. The third-order valence-electron chi connectivity index (χ3n) is 9.15. The molecular weight excluding hydrogens is 308 g/mol. The summed E-state index contributed by atoms with van der Waals surface area (Å²) in [7, 11) is 0. The fourth-order valence-corrected chi connectivity index (χ4v) is 8.10. The van der Waals surface area contributed by atoms with E-state index in [1.807, 2.05) is 0 Å². The highest BCUT2D eigenvalue weighted by Gasteiger charge is 2.57. The van der Waals surface area contributed by atoms with Crippen molar-refractivity contribution < 1.29 is 9.90 Å². The van der Waals surface area contributed by atoms with Crippen LogP contribution in [0.25, 0.3) is 0 Å². The van der Waals surface area contributed by atoms with Crippen molar-refractivity contribution in [1.29, 1.82) is 0 Å². The van der Waals surface area contributed by atoms with Crippen molar-refractivity contribution in [3.63, 3.8) is 0 Å². The van der Waals surface area contributed by atoms with Crippen LogP contribution in [0.4, 0.5) is 0 Å². The first-order chi connectivity index (χ1) is 11.9. The maximum Gasteiger partial charge on any atom is 0.139 e. The van der Waals surface area contributed by atoms with Crippen molar-refractivity contribution in [2.45, 2.75) is 97.0 Å². The number of hydrogen-bond donors (Lipinski definition) is 1. The number of carbonyl (C=O) groups excluding carboxylic acids is 1. The van der Waals surface area contributed by atoms with E-state index >= 15 is 0 Å². The van der Waals surface area contributed by atoms with E-state index in [1.165, 1.54) is 25.7 Å². The molecule has 0 bridgehead atoms. The fraction of sp³-hybridized carbons (Fsp3) is 0.957. The van der Waals surface area contributed by atoms with Crippen LogP contribution in [-0.2, 0) is 4.79 Å². The molecule has 0 aliphatic heterocycles. The Labute approximate surface area is 154 Å². The van der Waals surface area contributed by atoms with E-state index in [9.17, 15) is 9.90 Å². The van der Waals surface area contributed by atoms with E-state index in [1.54, 1.807) is 0 Å².